The standard InChI is InChI=1S/C17H26N2O2/c1-4-14(2)15-5-7-16(8-6-15)21-13-17(20)19-11-9-18(3)10-12-19/h5-8,14H,4,9-13H2,1-3H3. The first-order valence-corrected chi connectivity index (χ1v) is 7.79. The van der Waals surface area contributed by atoms with Crippen LogP contribution in [0.15, 0.2) is 24.3 Å². The minimum Gasteiger partial charge on any atom is -0.484 e. The smallest absolute Gasteiger partial charge is 0.260 e. The predicted octanol–water partition coefficient (Wildman–Crippen LogP) is 2.35. The number of likely N-dealkylation sites (N-methyl/N-ethyl adjacent to an activating group) is 1. The van der Waals surface area contributed by atoms with Crippen molar-refractivity contribution in [3.05, 3.63) is 29.8 Å². The lowest BCUT2D eigenvalue weighted by Gasteiger charge is -2.32. The van der Waals surface area contributed by atoms with Gasteiger partial charge in [-0.05, 0) is 37.1 Å². The molecule has 0 spiro atoms. The Bertz CT molecular complexity index is 450. The number of rotatable bonds is 5. The van der Waals surface area contributed by atoms with Crippen molar-refractivity contribution < 1.29 is 9.53 Å². The van der Waals surface area contributed by atoms with Gasteiger partial charge in [0, 0.05) is 26.2 Å². The Morgan fingerprint density at radius 3 is 2.38 bits per heavy atom. The molecule has 0 radical (unpaired) electrons. The second-order valence-corrected chi connectivity index (χ2v) is 5.85. The third kappa shape index (κ3) is 4.46. The van der Waals surface area contributed by atoms with Gasteiger partial charge in [0.05, 0.1) is 0 Å². The van der Waals surface area contributed by atoms with Gasteiger partial charge >= 0.3 is 0 Å². The highest BCUT2D eigenvalue weighted by Gasteiger charge is 2.19. The lowest BCUT2D eigenvalue weighted by atomic mass is 9.99. The van der Waals surface area contributed by atoms with Gasteiger partial charge in [0.25, 0.3) is 5.91 Å². The van der Waals surface area contributed by atoms with Crippen LogP contribution in [-0.4, -0.2) is 55.5 Å². The van der Waals surface area contributed by atoms with Crippen molar-refractivity contribution in [1.82, 2.24) is 9.80 Å². The molecule has 1 atom stereocenters. The first-order chi connectivity index (χ1) is 10.1. The molecule has 0 bridgehead atoms. The molecule has 2 rings (SSSR count). The van der Waals surface area contributed by atoms with Gasteiger partial charge in [-0.2, -0.15) is 0 Å². The second kappa shape index (κ2) is 7.46. The zero-order valence-electron chi connectivity index (χ0n) is 13.3. The molecule has 0 N–H and O–H groups in total. The normalized spacial score (nSPS) is 17.6. The average molecular weight is 290 g/mol. The zero-order valence-corrected chi connectivity index (χ0v) is 13.3. The Labute approximate surface area is 127 Å². The van der Waals surface area contributed by atoms with Crippen LogP contribution in [0.4, 0.5) is 0 Å². The molecular weight excluding hydrogens is 264 g/mol. The van der Waals surface area contributed by atoms with Crippen LogP contribution in [0.2, 0.25) is 0 Å². The molecule has 1 aliphatic rings. The molecule has 1 aliphatic heterocycles. The maximum Gasteiger partial charge on any atom is 0.260 e. The minimum atomic E-state index is 0.0779. The van der Waals surface area contributed by atoms with Crippen molar-refractivity contribution >= 4 is 5.91 Å². The van der Waals surface area contributed by atoms with E-state index in [1.807, 2.05) is 17.0 Å². The fraction of sp³-hybridized carbons (Fsp3) is 0.588. The van der Waals surface area contributed by atoms with Gasteiger partial charge in [-0.15, -0.1) is 0 Å². The predicted molar refractivity (Wildman–Crippen MR) is 84.7 cm³/mol. The van der Waals surface area contributed by atoms with Gasteiger partial charge in [-0.1, -0.05) is 26.0 Å². The fourth-order valence-electron chi connectivity index (χ4n) is 2.42. The van der Waals surface area contributed by atoms with Crippen LogP contribution in [0.1, 0.15) is 31.7 Å². The third-order valence-corrected chi connectivity index (χ3v) is 4.28. The third-order valence-electron chi connectivity index (χ3n) is 4.28. The molecule has 1 unspecified atom stereocenters. The van der Waals surface area contributed by atoms with E-state index in [0.717, 1.165) is 38.3 Å². The summed E-state index contributed by atoms with van der Waals surface area (Å²) in [5, 5.41) is 0. The number of carbonyl (C=O) groups excluding carboxylic acids is 1. The molecule has 1 amide bonds. The van der Waals surface area contributed by atoms with Gasteiger partial charge in [-0.25, -0.2) is 0 Å². The summed E-state index contributed by atoms with van der Waals surface area (Å²) in [5.74, 6) is 1.41. The Morgan fingerprint density at radius 1 is 1.19 bits per heavy atom. The molecule has 1 heterocycles. The molecule has 1 aromatic rings. The number of piperazine rings is 1. The first-order valence-electron chi connectivity index (χ1n) is 7.79. The highest BCUT2D eigenvalue weighted by Crippen LogP contribution is 2.21. The second-order valence-electron chi connectivity index (χ2n) is 5.85. The summed E-state index contributed by atoms with van der Waals surface area (Å²) in [5.41, 5.74) is 1.32. The van der Waals surface area contributed by atoms with E-state index in [1.54, 1.807) is 0 Å². The van der Waals surface area contributed by atoms with E-state index < -0.39 is 0 Å². The quantitative estimate of drug-likeness (QED) is 0.834. The van der Waals surface area contributed by atoms with Gasteiger partial charge in [0.15, 0.2) is 6.61 Å². The van der Waals surface area contributed by atoms with Gasteiger partial charge in [0.2, 0.25) is 0 Å². The summed E-state index contributed by atoms with van der Waals surface area (Å²) >= 11 is 0. The molecule has 1 fully saturated rings. The Balaban J connectivity index is 1.81. The lowest BCUT2D eigenvalue weighted by molar-refractivity contribution is -0.134. The SMILES string of the molecule is CCC(C)c1ccc(OCC(=O)N2CCN(C)CC2)cc1. The minimum absolute atomic E-state index is 0.0779. The van der Waals surface area contributed by atoms with E-state index in [1.165, 1.54) is 5.56 Å². The Morgan fingerprint density at radius 2 is 1.81 bits per heavy atom. The van der Waals surface area contributed by atoms with Crippen molar-refractivity contribution in [2.75, 3.05) is 39.8 Å². The van der Waals surface area contributed by atoms with E-state index in [9.17, 15) is 4.79 Å². The summed E-state index contributed by atoms with van der Waals surface area (Å²) in [4.78, 5) is 16.2. The number of hydrogen-bond acceptors (Lipinski definition) is 3. The monoisotopic (exact) mass is 290 g/mol. The van der Waals surface area contributed by atoms with Crippen LogP contribution < -0.4 is 4.74 Å². The summed E-state index contributed by atoms with van der Waals surface area (Å²) in [6.45, 7) is 8.00. The van der Waals surface area contributed by atoms with E-state index >= 15 is 0 Å². The van der Waals surface area contributed by atoms with Gasteiger partial charge < -0.3 is 14.5 Å². The number of ether oxygens (including phenoxy) is 1. The average Bonchev–Trinajstić information content (AvgIpc) is 2.53. The van der Waals surface area contributed by atoms with Crippen LogP contribution in [0.25, 0.3) is 0 Å². The van der Waals surface area contributed by atoms with E-state index in [4.69, 9.17) is 4.74 Å². The van der Waals surface area contributed by atoms with Crippen molar-refractivity contribution in [2.45, 2.75) is 26.2 Å². The molecule has 1 aromatic carbocycles. The van der Waals surface area contributed by atoms with Crippen molar-refractivity contribution in [3.8, 4) is 5.75 Å². The zero-order chi connectivity index (χ0) is 15.2. The highest BCUT2D eigenvalue weighted by atomic mass is 16.5. The van der Waals surface area contributed by atoms with Crippen LogP contribution in [-0.2, 0) is 4.79 Å². The summed E-state index contributed by atoms with van der Waals surface area (Å²) in [6.07, 6.45) is 1.13. The number of carbonyl (C=O) groups is 1. The molecule has 4 nitrogen and oxygen atoms in total. The molecule has 21 heavy (non-hydrogen) atoms. The molecule has 116 valence electrons. The fourth-order valence-corrected chi connectivity index (χ4v) is 2.42. The van der Waals surface area contributed by atoms with Crippen LogP contribution in [0.3, 0.4) is 0 Å². The van der Waals surface area contributed by atoms with Crippen molar-refractivity contribution in [1.29, 1.82) is 0 Å². The highest BCUT2D eigenvalue weighted by molar-refractivity contribution is 5.77. The molecule has 1 saturated heterocycles. The number of benzene rings is 1. The van der Waals surface area contributed by atoms with Gasteiger partial charge in [0.1, 0.15) is 5.75 Å². The summed E-state index contributed by atoms with van der Waals surface area (Å²) in [6, 6.07) is 8.09. The van der Waals surface area contributed by atoms with E-state index in [2.05, 4.69) is 37.9 Å². The topological polar surface area (TPSA) is 32.8 Å². The Hall–Kier alpha value is -1.55. The van der Waals surface area contributed by atoms with Gasteiger partial charge in [-0.3, -0.25) is 4.79 Å². The Kier molecular flexibility index (Phi) is 5.62. The summed E-state index contributed by atoms with van der Waals surface area (Å²) in [7, 11) is 2.08. The van der Waals surface area contributed by atoms with Crippen LogP contribution >= 0.6 is 0 Å². The van der Waals surface area contributed by atoms with Crippen molar-refractivity contribution in [3.63, 3.8) is 0 Å². The maximum atomic E-state index is 12.1. The van der Waals surface area contributed by atoms with E-state index in [-0.39, 0.29) is 12.5 Å². The molecular formula is C17H26N2O2. The number of hydrogen-bond donors (Lipinski definition) is 0. The first kappa shape index (κ1) is 15.8. The number of amides is 1. The summed E-state index contributed by atoms with van der Waals surface area (Å²) < 4.78 is 5.61. The molecule has 0 aromatic heterocycles. The van der Waals surface area contributed by atoms with Crippen LogP contribution in [0, 0.1) is 0 Å². The van der Waals surface area contributed by atoms with Crippen molar-refractivity contribution in [2.24, 2.45) is 0 Å². The molecule has 4 heteroatoms. The lowest BCUT2D eigenvalue weighted by Crippen LogP contribution is -2.48. The number of nitrogens with zero attached hydrogens (tertiary/aromatic N) is 2. The maximum absolute atomic E-state index is 12.1. The molecule has 0 aliphatic carbocycles. The van der Waals surface area contributed by atoms with E-state index in [0.29, 0.717) is 5.92 Å². The largest absolute Gasteiger partial charge is 0.484 e. The molecule has 0 saturated carbocycles. The van der Waals surface area contributed by atoms with Crippen LogP contribution in [0.5, 0.6) is 5.75 Å².